The van der Waals surface area contributed by atoms with E-state index in [1.807, 2.05) is 35.0 Å². The quantitative estimate of drug-likeness (QED) is 0.854. The van der Waals surface area contributed by atoms with Crippen molar-refractivity contribution in [1.82, 2.24) is 5.32 Å². The lowest BCUT2D eigenvalue weighted by atomic mass is 9.96. The van der Waals surface area contributed by atoms with E-state index in [-0.39, 0.29) is 18.6 Å². The van der Waals surface area contributed by atoms with E-state index in [0.717, 1.165) is 18.4 Å². The van der Waals surface area contributed by atoms with E-state index >= 15 is 0 Å². The Kier molecular flexibility index (Phi) is 4.68. The van der Waals surface area contributed by atoms with E-state index in [4.69, 9.17) is 4.74 Å². The summed E-state index contributed by atoms with van der Waals surface area (Å²) in [6.45, 7) is 1.85. The molecular formula is C18H21NO3S. The maximum atomic E-state index is 12.5. The van der Waals surface area contributed by atoms with Crippen molar-refractivity contribution < 1.29 is 14.6 Å². The van der Waals surface area contributed by atoms with Gasteiger partial charge in [-0.05, 0) is 60.7 Å². The summed E-state index contributed by atoms with van der Waals surface area (Å²) in [5.41, 5.74) is 0.238. The second kappa shape index (κ2) is 6.72. The molecule has 1 aliphatic carbocycles. The second-order valence-electron chi connectivity index (χ2n) is 6.14. The van der Waals surface area contributed by atoms with Gasteiger partial charge in [0.15, 0.2) is 0 Å². The van der Waals surface area contributed by atoms with E-state index in [1.165, 1.54) is 17.8 Å². The predicted molar refractivity (Wildman–Crippen MR) is 90.9 cm³/mol. The number of carbonyl (C=O) groups excluding carboxylic acids is 1. The van der Waals surface area contributed by atoms with Gasteiger partial charge in [0.05, 0.1) is 18.2 Å². The molecule has 1 aliphatic rings. The summed E-state index contributed by atoms with van der Waals surface area (Å²) in [7, 11) is 0. The summed E-state index contributed by atoms with van der Waals surface area (Å²) in [5, 5.41) is 17.1. The van der Waals surface area contributed by atoms with E-state index < -0.39 is 5.60 Å². The number of thiophene rings is 1. The fourth-order valence-electron chi connectivity index (χ4n) is 2.45. The van der Waals surface area contributed by atoms with Gasteiger partial charge in [0.25, 0.3) is 5.91 Å². The molecule has 0 radical (unpaired) electrons. The first kappa shape index (κ1) is 16.0. The fourth-order valence-corrected chi connectivity index (χ4v) is 3.23. The highest BCUT2D eigenvalue weighted by Gasteiger charge is 2.26. The summed E-state index contributed by atoms with van der Waals surface area (Å²) in [6, 6.07) is 9.13. The predicted octanol–water partition coefficient (Wildman–Crippen LogP) is 3.32. The number of amides is 1. The molecule has 4 nitrogen and oxygen atoms in total. The number of benzene rings is 1. The molecule has 1 heterocycles. The SMILES string of the molecule is CC(O)(CNC(=O)c1ccccc1OC1CCC1)c1ccsc1. The van der Waals surface area contributed by atoms with Crippen LogP contribution in [0.25, 0.3) is 0 Å². The van der Waals surface area contributed by atoms with Crippen LogP contribution >= 0.6 is 11.3 Å². The van der Waals surface area contributed by atoms with Gasteiger partial charge in [-0.3, -0.25) is 4.79 Å². The largest absolute Gasteiger partial charge is 0.490 e. The Labute approximate surface area is 140 Å². The summed E-state index contributed by atoms with van der Waals surface area (Å²) >= 11 is 1.52. The molecule has 1 fully saturated rings. The Morgan fingerprint density at radius 1 is 1.39 bits per heavy atom. The van der Waals surface area contributed by atoms with E-state index in [1.54, 1.807) is 13.0 Å². The lowest BCUT2D eigenvalue weighted by molar-refractivity contribution is 0.0526. The van der Waals surface area contributed by atoms with Gasteiger partial charge < -0.3 is 15.2 Å². The molecule has 5 heteroatoms. The van der Waals surface area contributed by atoms with Crippen LogP contribution in [0, 0.1) is 0 Å². The van der Waals surface area contributed by atoms with Crippen LogP contribution in [0.4, 0.5) is 0 Å². The van der Waals surface area contributed by atoms with Gasteiger partial charge in [-0.25, -0.2) is 0 Å². The highest BCUT2D eigenvalue weighted by molar-refractivity contribution is 7.08. The van der Waals surface area contributed by atoms with Gasteiger partial charge in [-0.2, -0.15) is 11.3 Å². The number of nitrogens with one attached hydrogen (secondary N) is 1. The number of hydrogen-bond donors (Lipinski definition) is 2. The topological polar surface area (TPSA) is 58.6 Å². The zero-order valence-corrected chi connectivity index (χ0v) is 13.9. The number of ether oxygens (including phenoxy) is 1. The van der Waals surface area contributed by atoms with Crippen molar-refractivity contribution in [2.45, 2.75) is 37.9 Å². The van der Waals surface area contributed by atoms with E-state index in [2.05, 4.69) is 5.32 Å². The van der Waals surface area contributed by atoms with Crippen LogP contribution in [0.15, 0.2) is 41.1 Å². The average molecular weight is 331 g/mol. The van der Waals surface area contributed by atoms with Gasteiger partial charge in [0.1, 0.15) is 11.4 Å². The zero-order valence-electron chi connectivity index (χ0n) is 13.1. The highest BCUT2D eigenvalue weighted by Crippen LogP contribution is 2.28. The number of hydrogen-bond acceptors (Lipinski definition) is 4. The van der Waals surface area contributed by atoms with Gasteiger partial charge in [-0.15, -0.1) is 0 Å². The van der Waals surface area contributed by atoms with Gasteiger partial charge in [-0.1, -0.05) is 12.1 Å². The van der Waals surface area contributed by atoms with E-state index in [0.29, 0.717) is 11.3 Å². The Balaban J connectivity index is 1.66. The summed E-state index contributed by atoms with van der Waals surface area (Å²) in [6.07, 6.45) is 3.49. The van der Waals surface area contributed by atoms with Crippen LogP contribution in [0.2, 0.25) is 0 Å². The zero-order chi connectivity index (χ0) is 16.3. The van der Waals surface area contributed by atoms with Gasteiger partial charge in [0.2, 0.25) is 0 Å². The molecule has 1 atom stereocenters. The van der Waals surface area contributed by atoms with Crippen LogP contribution in [-0.2, 0) is 5.60 Å². The lowest BCUT2D eigenvalue weighted by Gasteiger charge is -2.27. The number of aliphatic hydroxyl groups is 1. The summed E-state index contributed by atoms with van der Waals surface area (Å²) in [5.74, 6) is 0.389. The molecule has 0 saturated heterocycles. The van der Waals surface area contributed by atoms with Crippen molar-refractivity contribution in [2.75, 3.05) is 6.54 Å². The maximum Gasteiger partial charge on any atom is 0.255 e. The monoisotopic (exact) mass is 331 g/mol. The molecule has 122 valence electrons. The van der Waals surface area contributed by atoms with Crippen LogP contribution in [0.5, 0.6) is 5.75 Å². The first-order valence-corrected chi connectivity index (χ1v) is 8.79. The third kappa shape index (κ3) is 3.74. The number of carbonyl (C=O) groups is 1. The van der Waals surface area contributed by atoms with Gasteiger partial charge in [0, 0.05) is 0 Å². The van der Waals surface area contributed by atoms with Crippen molar-refractivity contribution in [3.8, 4) is 5.75 Å². The molecule has 1 aromatic carbocycles. The fraction of sp³-hybridized carbons (Fsp3) is 0.389. The molecule has 2 aromatic rings. The molecule has 0 bridgehead atoms. The summed E-state index contributed by atoms with van der Waals surface area (Å²) in [4.78, 5) is 12.5. The Morgan fingerprint density at radius 3 is 2.83 bits per heavy atom. The molecule has 0 aliphatic heterocycles. The maximum absolute atomic E-state index is 12.5. The highest BCUT2D eigenvalue weighted by atomic mass is 32.1. The van der Waals surface area contributed by atoms with Crippen LogP contribution in [0.1, 0.15) is 42.1 Å². The number of rotatable bonds is 6. The molecular weight excluding hydrogens is 310 g/mol. The van der Waals surface area contributed by atoms with Crippen molar-refractivity contribution in [2.24, 2.45) is 0 Å². The minimum Gasteiger partial charge on any atom is -0.490 e. The van der Waals surface area contributed by atoms with Crippen molar-refractivity contribution in [3.63, 3.8) is 0 Å². The molecule has 1 amide bonds. The molecule has 23 heavy (non-hydrogen) atoms. The molecule has 0 spiro atoms. The van der Waals surface area contributed by atoms with Crippen LogP contribution in [0.3, 0.4) is 0 Å². The molecule has 1 unspecified atom stereocenters. The van der Waals surface area contributed by atoms with Crippen LogP contribution < -0.4 is 10.1 Å². The number of para-hydroxylation sites is 1. The minimum atomic E-state index is -1.08. The van der Waals surface area contributed by atoms with Crippen LogP contribution in [-0.4, -0.2) is 23.7 Å². The third-order valence-corrected chi connectivity index (χ3v) is 4.90. The third-order valence-electron chi connectivity index (χ3n) is 4.21. The normalized spacial score (nSPS) is 17.1. The first-order chi connectivity index (χ1) is 11.1. The Bertz CT molecular complexity index is 663. The van der Waals surface area contributed by atoms with Crippen molar-refractivity contribution in [1.29, 1.82) is 0 Å². The Morgan fingerprint density at radius 2 is 2.17 bits per heavy atom. The Hall–Kier alpha value is -1.85. The van der Waals surface area contributed by atoms with E-state index in [9.17, 15) is 9.90 Å². The minimum absolute atomic E-state index is 0.153. The molecule has 1 saturated carbocycles. The van der Waals surface area contributed by atoms with Crippen molar-refractivity contribution in [3.05, 3.63) is 52.2 Å². The lowest BCUT2D eigenvalue weighted by Crippen LogP contribution is -2.38. The second-order valence-corrected chi connectivity index (χ2v) is 6.92. The molecule has 3 rings (SSSR count). The molecule has 2 N–H and O–H groups in total. The average Bonchev–Trinajstić information content (AvgIpc) is 3.04. The standard InChI is InChI=1S/C18H21NO3S/c1-18(21,13-9-10-23-11-13)12-19-17(20)15-7-2-3-8-16(15)22-14-5-4-6-14/h2-3,7-11,14,21H,4-6,12H2,1H3,(H,19,20). The van der Waals surface area contributed by atoms with Crippen molar-refractivity contribution >= 4 is 17.2 Å². The van der Waals surface area contributed by atoms with Gasteiger partial charge >= 0.3 is 0 Å². The smallest absolute Gasteiger partial charge is 0.255 e. The summed E-state index contributed by atoms with van der Waals surface area (Å²) < 4.78 is 5.89. The first-order valence-electron chi connectivity index (χ1n) is 7.85. The molecule has 1 aromatic heterocycles.